The van der Waals surface area contributed by atoms with E-state index >= 15 is 0 Å². The van der Waals surface area contributed by atoms with Crippen LogP contribution in [0.4, 0.5) is 4.79 Å². The van der Waals surface area contributed by atoms with Gasteiger partial charge in [-0.3, -0.25) is 0 Å². The van der Waals surface area contributed by atoms with Gasteiger partial charge in [0.2, 0.25) is 0 Å². The highest BCUT2D eigenvalue weighted by Crippen LogP contribution is 2.26. The summed E-state index contributed by atoms with van der Waals surface area (Å²) in [5.41, 5.74) is -0.292. The quantitative estimate of drug-likeness (QED) is 0.407. The third-order valence-electron chi connectivity index (χ3n) is 4.27. The van der Waals surface area contributed by atoms with Crippen molar-refractivity contribution in [1.29, 1.82) is 0 Å². The van der Waals surface area contributed by atoms with Gasteiger partial charge < -0.3 is 9.64 Å². The second kappa shape index (κ2) is 12.8. The zero-order chi connectivity index (χ0) is 16.8. The molecule has 22 heavy (non-hydrogen) atoms. The molecule has 0 bridgehead atoms. The van der Waals surface area contributed by atoms with E-state index < -0.39 is 0 Å². The van der Waals surface area contributed by atoms with E-state index in [0.717, 1.165) is 77.3 Å². The van der Waals surface area contributed by atoms with Gasteiger partial charge in [0.25, 0.3) is 0 Å². The van der Waals surface area contributed by atoms with Crippen molar-refractivity contribution in [2.45, 2.75) is 104 Å². The third-order valence-corrected chi connectivity index (χ3v) is 4.27. The number of hydrogen-bond donors (Lipinski definition) is 0. The molecule has 3 nitrogen and oxygen atoms in total. The number of carbonyl (C=O) groups is 1. The largest absolute Gasteiger partial charge is 0.443 e. The van der Waals surface area contributed by atoms with E-state index in [1.54, 1.807) is 0 Å². The van der Waals surface area contributed by atoms with Crippen LogP contribution >= 0.6 is 0 Å². The second-order valence-electron chi connectivity index (χ2n) is 6.72. The molecular weight excluding hydrogens is 274 g/mol. The molecule has 0 rings (SSSR count). The maximum Gasteiger partial charge on any atom is 0.410 e. The fourth-order valence-electron chi connectivity index (χ4n) is 2.60. The van der Waals surface area contributed by atoms with Gasteiger partial charge >= 0.3 is 6.09 Å². The normalized spacial score (nSPS) is 11.5. The maximum atomic E-state index is 12.6. The minimum Gasteiger partial charge on any atom is -0.443 e. The van der Waals surface area contributed by atoms with E-state index in [-0.39, 0.29) is 11.7 Å². The Morgan fingerprint density at radius 3 is 1.59 bits per heavy atom. The van der Waals surface area contributed by atoms with Gasteiger partial charge in [0, 0.05) is 13.1 Å². The van der Waals surface area contributed by atoms with Crippen LogP contribution in [0.2, 0.25) is 0 Å². The molecule has 0 heterocycles. The van der Waals surface area contributed by atoms with Crippen LogP contribution < -0.4 is 0 Å². The minimum absolute atomic E-state index is 0.100. The smallest absolute Gasteiger partial charge is 0.410 e. The van der Waals surface area contributed by atoms with Gasteiger partial charge in [-0.15, -0.1) is 0 Å². The predicted molar refractivity (Wildman–Crippen MR) is 95.3 cm³/mol. The van der Waals surface area contributed by atoms with Crippen molar-refractivity contribution in [3.63, 3.8) is 0 Å². The minimum atomic E-state index is -0.292. The zero-order valence-corrected chi connectivity index (χ0v) is 15.7. The fraction of sp³-hybridized carbons (Fsp3) is 0.947. The van der Waals surface area contributed by atoms with Crippen LogP contribution in [-0.2, 0) is 4.74 Å². The first-order valence-electron chi connectivity index (χ1n) is 9.50. The lowest BCUT2D eigenvalue weighted by Crippen LogP contribution is -2.40. The SMILES string of the molecule is CCCCN(CCCC)C(=O)OC(C)(CCCC)CCCC. The summed E-state index contributed by atoms with van der Waals surface area (Å²) in [4.78, 5) is 14.5. The van der Waals surface area contributed by atoms with E-state index in [2.05, 4.69) is 34.6 Å². The van der Waals surface area contributed by atoms with Crippen molar-refractivity contribution in [1.82, 2.24) is 4.90 Å². The maximum absolute atomic E-state index is 12.6. The molecular formula is C19H39NO2. The first-order valence-corrected chi connectivity index (χ1v) is 9.50. The predicted octanol–water partition coefficient (Wildman–Crippen LogP) is 6.16. The topological polar surface area (TPSA) is 29.5 Å². The number of amides is 1. The molecule has 0 unspecified atom stereocenters. The van der Waals surface area contributed by atoms with Crippen molar-refractivity contribution in [3.8, 4) is 0 Å². The number of ether oxygens (including phenoxy) is 1. The number of hydrogen-bond acceptors (Lipinski definition) is 2. The molecule has 0 radical (unpaired) electrons. The van der Waals surface area contributed by atoms with Crippen LogP contribution in [0.3, 0.4) is 0 Å². The Balaban J connectivity index is 4.68. The average Bonchev–Trinajstić information content (AvgIpc) is 2.51. The molecule has 0 saturated heterocycles. The summed E-state index contributed by atoms with van der Waals surface area (Å²) in [7, 11) is 0. The van der Waals surface area contributed by atoms with Gasteiger partial charge in [0.1, 0.15) is 5.60 Å². The lowest BCUT2D eigenvalue weighted by Gasteiger charge is -2.33. The van der Waals surface area contributed by atoms with Crippen molar-refractivity contribution < 1.29 is 9.53 Å². The van der Waals surface area contributed by atoms with Crippen molar-refractivity contribution in [2.75, 3.05) is 13.1 Å². The summed E-state index contributed by atoms with van der Waals surface area (Å²) >= 11 is 0. The third kappa shape index (κ3) is 9.32. The highest BCUT2D eigenvalue weighted by molar-refractivity contribution is 5.68. The molecule has 0 fully saturated rings. The number of carbonyl (C=O) groups excluding carboxylic acids is 1. The lowest BCUT2D eigenvalue weighted by molar-refractivity contribution is -0.0118. The van der Waals surface area contributed by atoms with Gasteiger partial charge in [-0.25, -0.2) is 4.79 Å². The van der Waals surface area contributed by atoms with E-state index in [4.69, 9.17) is 4.74 Å². The summed E-state index contributed by atoms with van der Waals surface area (Å²) in [6, 6.07) is 0. The van der Waals surface area contributed by atoms with Gasteiger partial charge in [0.15, 0.2) is 0 Å². The molecule has 132 valence electrons. The van der Waals surface area contributed by atoms with Gasteiger partial charge in [-0.2, -0.15) is 0 Å². The molecule has 0 aromatic heterocycles. The van der Waals surface area contributed by atoms with Crippen LogP contribution in [0.1, 0.15) is 98.8 Å². The average molecular weight is 314 g/mol. The molecule has 0 aliphatic rings. The fourth-order valence-corrected chi connectivity index (χ4v) is 2.60. The molecule has 0 aromatic rings. The number of nitrogens with zero attached hydrogens (tertiary/aromatic N) is 1. The van der Waals surface area contributed by atoms with E-state index in [9.17, 15) is 4.79 Å². The van der Waals surface area contributed by atoms with Crippen LogP contribution in [0.15, 0.2) is 0 Å². The highest BCUT2D eigenvalue weighted by Gasteiger charge is 2.29. The Bertz CT molecular complexity index is 263. The molecule has 0 aromatic carbocycles. The molecule has 0 spiro atoms. The molecule has 3 heteroatoms. The molecule has 0 N–H and O–H groups in total. The Labute approximate surface area is 138 Å². The Hall–Kier alpha value is -0.730. The van der Waals surface area contributed by atoms with Gasteiger partial charge in [-0.05, 0) is 45.4 Å². The van der Waals surface area contributed by atoms with E-state index in [1.807, 2.05) is 4.90 Å². The first-order chi connectivity index (χ1) is 10.5. The number of rotatable bonds is 13. The summed E-state index contributed by atoms with van der Waals surface area (Å²) in [6.07, 6.45) is 10.7. The van der Waals surface area contributed by atoms with Crippen molar-refractivity contribution in [2.24, 2.45) is 0 Å². The highest BCUT2D eigenvalue weighted by atomic mass is 16.6. The standard InChI is InChI=1S/C19H39NO2/c1-6-10-14-19(5,15-11-7-2)22-18(21)20(16-12-8-3)17-13-9-4/h6-17H2,1-5H3. The van der Waals surface area contributed by atoms with Crippen molar-refractivity contribution in [3.05, 3.63) is 0 Å². The summed E-state index contributed by atoms with van der Waals surface area (Å²) in [5, 5.41) is 0. The van der Waals surface area contributed by atoms with Crippen LogP contribution in [-0.4, -0.2) is 29.7 Å². The van der Waals surface area contributed by atoms with Crippen LogP contribution in [0.5, 0.6) is 0 Å². The molecule has 1 amide bonds. The monoisotopic (exact) mass is 313 g/mol. The molecule has 0 aliphatic carbocycles. The van der Waals surface area contributed by atoms with E-state index in [1.165, 1.54) is 0 Å². The summed E-state index contributed by atoms with van der Waals surface area (Å²) in [5.74, 6) is 0. The molecule has 0 aliphatic heterocycles. The van der Waals surface area contributed by atoms with Crippen LogP contribution in [0, 0.1) is 0 Å². The van der Waals surface area contributed by atoms with Gasteiger partial charge in [-0.1, -0.05) is 53.4 Å². The molecule has 0 atom stereocenters. The second-order valence-corrected chi connectivity index (χ2v) is 6.72. The molecule has 0 saturated carbocycles. The Kier molecular flexibility index (Phi) is 12.4. The summed E-state index contributed by atoms with van der Waals surface area (Å²) < 4.78 is 5.99. The number of unbranched alkanes of at least 4 members (excludes halogenated alkanes) is 4. The lowest BCUT2D eigenvalue weighted by atomic mass is 9.93. The van der Waals surface area contributed by atoms with Gasteiger partial charge in [0.05, 0.1) is 0 Å². The first kappa shape index (κ1) is 21.3. The van der Waals surface area contributed by atoms with E-state index in [0.29, 0.717) is 0 Å². The van der Waals surface area contributed by atoms with Crippen molar-refractivity contribution >= 4 is 6.09 Å². The Morgan fingerprint density at radius 2 is 1.23 bits per heavy atom. The summed E-state index contributed by atoms with van der Waals surface area (Å²) in [6.45, 7) is 12.5. The Morgan fingerprint density at radius 1 is 0.818 bits per heavy atom. The van der Waals surface area contributed by atoms with Crippen LogP contribution in [0.25, 0.3) is 0 Å². The zero-order valence-electron chi connectivity index (χ0n) is 15.7.